The molecule has 4 aromatic rings. The maximum Gasteiger partial charge on any atom is 1.00 e. The van der Waals surface area contributed by atoms with Crippen molar-refractivity contribution in [1.29, 1.82) is 0 Å². The first-order chi connectivity index (χ1) is 28.0. The number of nitrogens with zero attached hydrogens (tertiary/aromatic N) is 3. The number of pyridine rings is 1. The molecule has 1 aromatic heterocycles. The van der Waals surface area contributed by atoms with Gasteiger partial charge in [0, 0.05) is 19.3 Å². The molecule has 0 bridgehead atoms. The van der Waals surface area contributed by atoms with Gasteiger partial charge in [-0.05, 0) is 112 Å². The summed E-state index contributed by atoms with van der Waals surface area (Å²) in [7, 11) is 1.47. The van der Waals surface area contributed by atoms with Crippen molar-refractivity contribution in [2.24, 2.45) is 10.8 Å². The van der Waals surface area contributed by atoms with Gasteiger partial charge in [0.2, 0.25) is 0 Å². The van der Waals surface area contributed by atoms with E-state index < -0.39 is 11.4 Å². The van der Waals surface area contributed by atoms with Crippen LogP contribution in [0, 0.1) is 10.8 Å². The normalized spacial score (nSPS) is 19.5. The van der Waals surface area contributed by atoms with Gasteiger partial charge >= 0.3 is 30.8 Å². The smallest absolute Gasteiger partial charge is 0.870 e. The first-order valence-electron chi connectivity index (χ1n) is 19.7. The minimum absolute atomic E-state index is 0. The van der Waals surface area contributed by atoms with E-state index in [1.807, 2.05) is 50.2 Å². The summed E-state index contributed by atoms with van der Waals surface area (Å²) in [4.78, 5) is 40.6. The Hall–Kier alpha value is -5.14. The molecule has 3 aromatic carbocycles. The Morgan fingerprint density at radius 3 is 1.67 bits per heavy atom. The molecule has 61 heavy (non-hydrogen) atoms. The van der Waals surface area contributed by atoms with Crippen molar-refractivity contribution in [1.82, 2.24) is 14.8 Å². The van der Waals surface area contributed by atoms with Crippen LogP contribution in [0.15, 0.2) is 91.1 Å². The van der Waals surface area contributed by atoms with Gasteiger partial charge in [-0.2, -0.15) is 0 Å². The van der Waals surface area contributed by atoms with Crippen molar-refractivity contribution in [3.05, 3.63) is 113 Å². The minimum Gasteiger partial charge on any atom is -0.870 e. The second-order valence-corrected chi connectivity index (χ2v) is 15.6. The number of fused-ring (bicyclic) bond motifs is 2. The molecule has 16 heteroatoms. The Balaban J connectivity index is 0.000000292. The van der Waals surface area contributed by atoms with E-state index in [2.05, 4.69) is 63.3 Å². The Morgan fingerprint density at radius 2 is 1.18 bits per heavy atom. The number of methoxy groups -OCH3 is 1. The summed E-state index contributed by atoms with van der Waals surface area (Å²) in [5.41, 5.74) is 3.74. The first-order valence-corrected chi connectivity index (χ1v) is 19.7. The molecule has 8 rings (SSSR count). The van der Waals surface area contributed by atoms with Crippen LogP contribution in [0.4, 0.5) is 0 Å². The number of carbonyl (C=O) groups excluding carboxylic acids is 1. The van der Waals surface area contributed by atoms with Gasteiger partial charge in [-0.1, -0.05) is 60.7 Å². The number of hydrogen-bond donors (Lipinski definition) is 2. The van der Waals surface area contributed by atoms with E-state index >= 15 is 0 Å². The van der Waals surface area contributed by atoms with Crippen LogP contribution in [0.2, 0.25) is 0 Å². The number of carbonyl (C=O) groups is 3. The van der Waals surface area contributed by atoms with E-state index in [1.54, 1.807) is 6.20 Å². The third kappa shape index (κ3) is 12.9. The van der Waals surface area contributed by atoms with E-state index in [4.69, 9.17) is 33.6 Å². The van der Waals surface area contributed by atoms with Crippen LogP contribution in [-0.2, 0) is 32.2 Å². The number of rotatable bonds is 8. The Kier molecular flexibility index (Phi) is 19.1. The number of esters is 1. The van der Waals surface area contributed by atoms with E-state index in [0.29, 0.717) is 37.7 Å². The number of hydrogen-bond acceptors (Lipinski definition) is 12. The van der Waals surface area contributed by atoms with Gasteiger partial charge in [0.25, 0.3) is 12.4 Å². The molecular formula is C45H56LiN3O12. The summed E-state index contributed by atoms with van der Waals surface area (Å²) in [5, 5.41) is 16.2. The van der Waals surface area contributed by atoms with Gasteiger partial charge in [-0.3, -0.25) is 24.2 Å². The molecule has 5 N–H and O–H groups in total. The van der Waals surface area contributed by atoms with Crippen LogP contribution < -0.4 is 37.8 Å². The Morgan fingerprint density at radius 1 is 0.738 bits per heavy atom. The Labute approximate surface area is 368 Å². The molecule has 2 saturated heterocycles. The van der Waals surface area contributed by atoms with Gasteiger partial charge in [-0.15, -0.1) is 0 Å². The number of piperidine rings is 2. The van der Waals surface area contributed by atoms with Gasteiger partial charge in [0.15, 0.2) is 29.5 Å². The zero-order chi connectivity index (χ0) is 41.1. The molecular weight excluding hydrogens is 781 g/mol. The molecule has 2 atom stereocenters. The number of carboxylic acid groups (broad SMARTS) is 2. The van der Waals surface area contributed by atoms with Crippen LogP contribution in [0.25, 0.3) is 0 Å². The predicted octanol–water partition coefficient (Wildman–Crippen LogP) is 2.96. The van der Waals surface area contributed by atoms with E-state index in [-0.39, 0.29) is 59.9 Å². The van der Waals surface area contributed by atoms with Crippen LogP contribution in [0.5, 0.6) is 23.1 Å². The molecule has 5 heterocycles. The number of carboxylic acids is 1. The molecule has 0 radical (unpaired) electrons. The average Bonchev–Trinajstić information content (AvgIpc) is 3.26. The van der Waals surface area contributed by atoms with Gasteiger partial charge in [0.1, 0.15) is 13.2 Å². The van der Waals surface area contributed by atoms with Gasteiger partial charge < -0.3 is 44.8 Å². The van der Waals surface area contributed by atoms with Crippen LogP contribution in [0.3, 0.4) is 0 Å². The predicted molar refractivity (Wildman–Crippen MR) is 220 cm³/mol. The number of likely N-dealkylation sites (tertiary alicyclic amines) is 2. The Bertz CT molecular complexity index is 1990. The molecule has 0 amide bonds. The van der Waals surface area contributed by atoms with Gasteiger partial charge in [0.05, 0.1) is 17.9 Å². The van der Waals surface area contributed by atoms with Crippen molar-refractivity contribution < 1.29 is 78.1 Å². The monoisotopic (exact) mass is 837 g/mol. The van der Waals surface area contributed by atoms with Crippen LogP contribution >= 0.6 is 0 Å². The number of ether oxygens (including phenoxy) is 5. The number of benzene rings is 3. The molecule has 2 fully saturated rings. The molecule has 0 saturated carbocycles. The molecule has 0 unspecified atom stereocenters. The SMILES string of the molecule is CC1(C(=O)O)CCN(Cc2ccc([C@H]3COc4cccnc4O3)cc2)CC1.COC(=O)C1(C)CCN(Cc2ccc([C@H]3COc4ccccc4O3)cc2)CC1.O.O=CO.[Li+].[OH-]. The summed E-state index contributed by atoms with van der Waals surface area (Å²) in [5.74, 6) is 2.05. The summed E-state index contributed by atoms with van der Waals surface area (Å²) in [6, 6.07) is 28.4. The van der Waals surface area contributed by atoms with Crippen molar-refractivity contribution in [2.75, 3.05) is 46.5 Å². The standard InChI is InChI=1S/C23H27NO4.C21H24N2O4.CH2O2.Li.2H2O/c1-23(22(25)26-2)11-13-24(14-12-23)15-17-7-9-18(10-8-17)21-16-27-19-5-3-4-6-20(19)28-21;1-21(20(24)25)8-11-23(12-9-21)13-15-4-6-16(7-5-15)18-14-26-17-3-2-10-22-19(17)27-18;2-1-3;;;/h3-10,21H,11-16H2,1-2H3;2-7,10,18H,8-9,11-14H2,1H3,(H,24,25);1H,(H,2,3);;2*1H2/q;;;+1;;/p-1/t21-;18-;;;;/m11..../s1. The second kappa shape index (κ2) is 23.2. The topological polar surface area (TPSA) is 219 Å². The largest absolute Gasteiger partial charge is 1.00 e. The molecule has 0 spiro atoms. The van der Waals surface area contributed by atoms with E-state index in [9.17, 15) is 14.7 Å². The summed E-state index contributed by atoms with van der Waals surface area (Å²) in [6.07, 6.45) is 4.52. The van der Waals surface area contributed by atoms with E-state index in [0.717, 1.165) is 74.7 Å². The van der Waals surface area contributed by atoms with Crippen molar-refractivity contribution in [2.45, 2.75) is 64.8 Å². The third-order valence-electron chi connectivity index (χ3n) is 11.5. The minimum atomic E-state index is -0.683. The number of aliphatic carboxylic acids is 1. The zero-order valence-corrected chi connectivity index (χ0v) is 35.3. The molecule has 15 nitrogen and oxygen atoms in total. The fraction of sp³-hybridized carbons (Fsp3) is 0.422. The summed E-state index contributed by atoms with van der Waals surface area (Å²) < 4.78 is 28.6. The maximum atomic E-state index is 12.0. The molecule has 324 valence electrons. The fourth-order valence-corrected chi connectivity index (χ4v) is 7.52. The summed E-state index contributed by atoms with van der Waals surface area (Å²) in [6.45, 7) is 9.76. The first kappa shape index (κ1) is 50.2. The van der Waals surface area contributed by atoms with E-state index in [1.165, 1.54) is 18.2 Å². The van der Waals surface area contributed by atoms with Crippen LogP contribution in [0.1, 0.15) is 74.0 Å². The quantitative estimate of drug-likeness (QED) is 0.148. The molecule has 4 aliphatic heterocycles. The number of para-hydroxylation sites is 2. The maximum absolute atomic E-state index is 12.0. The zero-order valence-electron chi connectivity index (χ0n) is 35.3. The van der Waals surface area contributed by atoms with Crippen molar-refractivity contribution in [3.8, 4) is 23.1 Å². The fourth-order valence-electron chi connectivity index (χ4n) is 7.52. The average molecular weight is 838 g/mol. The number of aromatic nitrogens is 1. The molecule has 4 aliphatic rings. The van der Waals surface area contributed by atoms with Crippen LogP contribution in [-0.4, -0.2) is 101 Å². The van der Waals surface area contributed by atoms with Crippen molar-refractivity contribution >= 4 is 18.4 Å². The second-order valence-electron chi connectivity index (χ2n) is 15.6. The van der Waals surface area contributed by atoms with Crippen molar-refractivity contribution in [3.63, 3.8) is 0 Å². The third-order valence-corrected chi connectivity index (χ3v) is 11.5. The molecule has 0 aliphatic carbocycles. The summed E-state index contributed by atoms with van der Waals surface area (Å²) >= 11 is 0. The van der Waals surface area contributed by atoms with Gasteiger partial charge in [-0.25, -0.2) is 4.98 Å².